The van der Waals surface area contributed by atoms with Crippen molar-refractivity contribution in [1.82, 2.24) is 5.32 Å². The molecule has 4 nitrogen and oxygen atoms in total. The maximum absolute atomic E-state index is 9.33. The Bertz CT molecular complexity index is 397. The van der Waals surface area contributed by atoms with Crippen molar-refractivity contribution in [1.29, 1.82) is 0 Å². The van der Waals surface area contributed by atoms with Gasteiger partial charge in [-0.2, -0.15) is 0 Å². The van der Waals surface area contributed by atoms with Crippen LogP contribution >= 0.6 is 0 Å². The van der Waals surface area contributed by atoms with Crippen LogP contribution in [-0.4, -0.2) is 38.6 Å². The predicted octanol–water partition coefficient (Wildman–Crippen LogP) is 1.10. The van der Waals surface area contributed by atoms with Gasteiger partial charge in [0.1, 0.15) is 5.75 Å². The molecule has 0 amide bonds. The maximum Gasteiger partial charge on any atom is 0.123 e. The van der Waals surface area contributed by atoms with Gasteiger partial charge >= 0.3 is 0 Å². The van der Waals surface area contributed by atoms with Crippen molar-refractivity contribution < 1.29 is 14.6 Å². The lowest BCUT2D eigenvalue weighted by Crippen LogP contribution is -2.52. The Kier molecular flexibility index (Phi) is 4.22. The van der Waals surface area contributed by atoms with Crippen LogP contribution in [0.15, 0.2) is 18.2 Å². The van der Waals surface area contributed by atoms with Crippen molar-refractivity contribution in [2.24, 2.45) is 5.41 Å². The Hall–Kier alpha value is -1.10. The third-order valence-corrected chi connectivity index (χ3v) is 3.40. The van der Waals surface area contributed by atoms with Crippen molar-refractivity contribution in [2.45, 2.75) is 13.5 Å². The minimum Gasteiger partial charge on any atom is -0.496 e. The fourth-order valence-corrected chi connectivity index (χ4v) is 2.15. The molecule has 0 aliphatic carbocycles. The van der Waals surface area contributed by atoms with E-state index in [1.54, 1.807) is 7.11 Å². The van der Waals surface area contributed by atoms with E-state index >= 15 is 0 Å². The molecule has 100 valence electrons. The average Bonchev–Trinajstić information content (AvgIpc) is 2.33. The molecule has 1 aromatic carbocycles. The fraction of sp³-hybridized carbons (Fsp3) is 0.571. The zero-order valence-electron chi connectivity index (χ0n) is 11.0. The van der Waals surface area contributed by atoms with Crippen LogP contribution in [0.2, 0.25) is 0 Å². The van der Waals surface area contributed by atoms with Crippen LogP contribution in [0.25, 0.3) is 0 Å². The third kappa shape index (κ3) is 2.83. The number of rotatable bonds is 6. The quantitative estimate of drug-likeness (QED) is 0.795. The molecule has 4 heteroatoms. The summed E-state index contributed by atoms with van der Waals surface area (Å²) in [5, 5.41) is 12.7. The number of benzene rings is 1. The van der Waals surface area contributed by atoms with E-state index in [2.05, 4.69) is 18.3 Å². The van der Waals surface area contributed by atoms with Crippen LogP contribution in [0.5, 0.6) is 5.75 Å². The van der Waals surface area contributed by atoms with E-state index in [9.17, 15) is 5.11 Å². The predicted molar refractivity (Wildman–Crippen MR) is 69.8 cm³/mol. The van der Waals surface area contributed by atoms with Crippen molar-refractivity contribution in [3.63, 3.8) is 0 Å². The molecule has 1 heterocycles. The van der Waals surface area contributed by atoms with Gasteiger partial charge in [-0.3, -0.25) is 0 Å². The smallest absolute Gasteiger partial charge is 0.123 e. The first-order valence-electron chi connectivity index (χ1n) is 6.22. The highest BCUT2D eigenvalue weighted by Gasteiger charge is 2.37. The van der Waals surface area contributed by atoms with E-state index < -0.39 is 0 Å². The molecule has 1 saturated heterocycles. The van der Waals surface area contributed by atoms with Crippen LogP contribution in [0.3, 0.4) is 0 Å². The molecular weight excluding hydrogens is 230 g/mol. The first-order chi connectivity index (χ1) is 8.69. The Morgan fingerprint density at radius 1 is 1.44 bits per heavy atom. The van der Waals surface area contributed by atoms with E-state index in [4.69, 9.17) is 9.47 Å². The summed E-state index contributed by atoms with van der Waals surface area (Å²) in [5.41, 5.74) is 2.28. The largest absolute Gasteiger partial charge is 0.496 e. The lowest BCUT2D eigenvalue weighted by Gasteiger charge is -2.40. The number of hydrogen-bond acceptors (Lipinski definition) is 4. The molecule has 0 atom stereocenters. The summed E-state index contributed by atoms with van der Waals surface area (Å²) in [4.78, 5) is 0. The van der Waals surface area contributed by atoms with Crippen LogP contribution in [0, 0.1) is 12.3 Å². The molecule has 0 aromatic heterocycles. The van der Waals surface area contributed by atoms with Gasteiger partial charge in [0.15, 0.2) is 0 Å². The van der Waals surface area contributed by atoms with Crippen molar-refractivity contribution in [2.75, 3.05) is 33.5 Å². The van der Waals surface area contributed by atoms with E-state index in [0.717, 1.165) is 24.4 Å². The minimum absolute atomic E-state index is 0.0862. The normalized spacial score (nSPS) is 17.3. The van der Waals surface area contributed by atoms with Gasteiger partial charge in [-0.25, -0.2) is 0 Å². The van der Waals surface area contributed by atoms with Gasteiger partial charge in [-0.15, -0.1) is 0 Å². The number of methoxy groups -OCH3 is 1. The molecule has 0 spiro atoms. The van der Waals surface area contributed by atoms with Crippen LogP contribution < -0.4 is 10.1 Å². The van der Waals surface area contributed by atoms with E-state index in [-0.39, 0.29) is 12.0 Å². The highest BCUT2D eigenvalue weighted by atomic mass is 16.5. The van der Waals surface area contributed by atoms with E-state index in [1.807, 2.05) is 12.1 Å². The number of aliphatic hydroxyl groups is 1. The molecule has 18 heavy (non-hydrogen) atoms. The fourth-order valence-electron chi connectivity index (χ4n) is 2.15. The maximum atomic E-state index is 9.33. The lowest BCUT2D eigenvalue weighted by molar-refractivity contribution is -0.134. The molecule has 0 radical (unpaired) electrons. The van der Waals surface area contributed by atoms with E-state index in [1.165, 1.54) is 5.56 Å². The summed E-state index contributed by atoms with van der Waals surface area (Å²) in [6, 6.07) is 6.15. The Morgan fingerprint density at radius 2 is 2.22 bits per heavy atom. The third-order valence-electron chi connectivity index (χ3n) is 3.40. The molecular formula is C14H21NO3. The summed E-state index contributed by atoms with van der Waals surface area (Å²) in [6.45, 7) is 5.03. The second-order valence-corrected chi connectivity index (χ2v) is 5.07. The van der Waals surface area contributed by atoms with Crippen molar-refractivity contribution in [3.8, 4) is 5.75 Å². The summed E-state index contributed by atoms with van der Waals surface area (Å²) in [6.07, 6.45) is 0. The average molecular weight is 251 g/mol. The molecule has 0 bridgehead atoms. The number of aryl methyl sites for hydroxylation is 1. The molecule has 2 N–H and O–H groups in total. The number of ether oxygens (including phenoxy) is 2. The summed E-state index contributed by atoms with van der Waals surface area (Å²) in [5.74, 6) is 0.899. The molecule has 1 aliphatic rings. The van der Waals surface area contributed by atoms with Gasteiger partial charge in [0.2, 0.25) is 0 Å². The molecule has 0 unspecified atom stereocenters. The van der Waals surface area contributed by atoms with Gasteiger partial charge in [-0.05, 0) is 13.0 Å². The van der Waals surface area contributed by atoms with Gasteiger partial charge < -0.3 is 19.9 Å². The molecule has 1 fully saturated rings. The van der Waals surface area contributed by atoms with Crippen molar-refractivity contribution in [3.05, 3.63) is 29.3 Å². The Morgan fingerprint density at radius 3 is 2.78 bits per heavy atom. The Labute approximate surface area is 108 Å². The number of nitrogens with one attached hydrogen (secondary N) is 1. The van der Waals surface area contributed by atoms with Gasteiger partial charge in [-0.1, -0.05) is 17.7 Å². The summed E-state index contributed by atoms with van der Waals surface area (Å²) in [7, 11) is 1.68. The highest BCUT2D eigenvalue weighted by molar-refractivity contribution is 5.36. The first kappa shape index (κ1) is 13.3. The van der Waals surface area contributed by atoms with Gasteiger partial charge in [0, 0.05) is 18.7 Å². The van der Waals surface area contributed by atoms with Gasteiger partial charge in [0.05, 0.1) is 32.3 Å². The monoisotopic (exact) mass is 251 g/mol. The molecule has 0 saturated carbocycles. The number of hydrogen-bond donors (Lipinski definition) is 2. The van der Waals surface area contributed by atoms with Gasteiger partial charge in [0.25, 0.3) is 0 Å². The lowest BCUT2D eigenvalue weighted by atomic mass is 9.87. The SMILES string of the molecule is COc1ccc(C)cc1CNCC1(CO)COC1. The van der Waals surface area contributed by atoms with Crippen LogP contribution in [0.4, 0.5) is 0 Å². The second-order valence-electron chi connectivity index (χ2n) is 5.07. The van der Waals surface area contributed by atoms with Crippen LogP contribution in [-0.2, 0) is 11.3 Å². The highest BCUT2D eigenvalue weighted by Crippen LogP contribution is 2.26. The summed E-state index contributed by atoms with van der Waals surface area (Å²) >= 11 is 0. The summed E-state index contributed by atoms with van der Waals surface area (Å²) < 4.78 is 10.5. The molecule has 1 aliphatic heterocycles. The Balaban J connectivity index is 1.91. The van der Waals surface area contributed by atoms with E-state index in [0.29, 0.717) is 13.2 Å². The second kappa shape index (κ2) is 5.69. The molecule has 2 rings (SSSR count). The van der Waals surface area contributed by atoms with Crippen molar-refractivity contribution >= 4 is 0 Å². The standard InChI is InChI=1S/C14H21NO3/c1-11-3-4-13(17-2)12(5-11)6-15-7-14(8-16)9-18-10-14/h3-5,15-16H,6-10H2,1-2H3. The number of aliphatic hydroxyl groups excluding tert-OH is 1. The topological polar surface area (TPSA) is 50.7 Å². The minimum atomic E-state index is -0.0862. The zero-order chi connectivity index (χ0) is 13.0. The van der Waals surface area contributed by atoms with Crippen LogP contribution in [0.1, 0.15) is 11.1 Å². The molecule has 1 aromatic rings. The first-order valence-corrected chi connectivity index (χ1v) is 6.22. The zero-order valence-corrected chi connectivity index (χ0v) is 11.0.